The molecule has 6 nitrogen and oxygen atoms in total. The van der Waals surface area contributed by atoms with E-state index in [-0.39, 0.29) is 10.8 Å². The number of sulfonamides is 1. The summed E-state index contributed by atoms with van der Waals surface area (Å²) in [5.41, 5.74) is 8.47. The molecule has 0 saturated carbocycles. The van der Waals surface area contributed by atoms with E-state index in [2.05, 4.69) is 5.32 Å². The smallest absolute Gasteiger partial charge is 0.264 e. The van der Waals surface area contributed by atoms with Gasteiger partial charge in [-0.2, -0.15) is 0 Å². The molecule has 8 heteroatoms. The fourth-order valence-electron chi connectivity index (χ4n) is 3.49. The lowest BCUT2D eigenvalue weighted by Gasteiger charge is -2.31. The SMILES string of the molecule is Nc1cccc(C(=O)Nc2ccc3c(c2)N(S(=O)(=O)c2ccc(F)cc2)CCC3)c1. The highest BCUT2D eigenvalue weighted by molar-refractivity contribution is 7.92. The van der Waals surface area contributed by atoms with Crippen LogP contribution in [0.2, 0.25) is 0 Å². The van der Waals surface area contributed by atoms with E-state index in [9.17, 15) is 17.6 Å². The van der Waals surface area contributed by atoms with E-state index in [0.29, 0.717) is 35.6 Å². The van der Waals surface area contributed by atoms with E-state index in [4.69, 9.17) is 5.73 Å². The number of carbonyl (C=O) groups excluding carboxylic acids is 1. The van der Waals surface area contributed by atoms with Crippen molar-refractivity contribution < 1.29 is 17.6 Å². The van der Waals surface area contributed by atoms with Crippen molar-refractivity contribution in [3.63, 3.8) is 0 Å². The van der Waals surface area contributed by atoms with Crippen LogP contribution in [0.4, 0.5) is 21.5 Å². The van der Waals surface area contributed by atoms with Crippen molar-refractivity contribution in [1.29, 1.82) is 0 Å². The van der Waals surface area contributed by atoms with E-state index in [1.165, 1.54) is 16.4 Å². The molecule has 30 heavy (non-hydrogen) atoms. The number of amides is 1. The molecule has 0 aromatic heterocycles. The van der Waals surface area contributed by atoms with Crippen LogP contribution < -0.4 is 15.4 Å². The predicted octanol–water partition coefficient (Wildman–Crippen LogP) is 3.80. The van der Waals surface area contributed by atoms with Crippen LogP contribution in [-0.2, 0) is 16.4 Å². The Hall–Kier alpha value is -3.39. The Morgan fingerprint density at radius 1 is 1.03 bits per heavy atom. The number of hydrogen-bond acceptors (Lipinski definition) is 4. The topological polar surface area (TPSA) is 92.5 Å². The van der Waals surface area contributed by atoms with E-state index < -0.39 is 15.8 Å². The maximum atomic E-state index is 13.2. The maximum Gasteiger partial charge on any atom is 0.264 e. The zero-order valence-corrected chi connectivity index (χ0v) is 16.8. The van der Waals surface area contributed by atoms with Crippen LogP contribution in [0.5, 0.6) is 0 Å². The van der Waals surface area contributed by atoms with Crippen molar-refractivity contribution in [1.82, 2.24) is 0 Å². The number of aryl methyl sites for hydroxylation is 1. The fraction of sp³-hybridized carbons (Fsp3) is 0.136. The first-order valence-corrected chi connectivity index (χ1v) is 10.9. The number of carbonyl (C=O) groups is 1. The first kappa shape index (κ1) is 19.9. The number of rotatable bonds is 4. The van der Waals surface area contributed by atoms with Gasteiger partial charge in [-0.3, -0.25) is 9.10 Å². The van der Waals surface area contributed by atoms with Crippen molar-refractivity contribution in [2.24, 2.45) is 0 Å². The van der Waals surface area contributed by atoms with Gasteiger partial charge < -0.3 is 11.1 Å². The van der Waals surface area contributed by atoms with Gasteiger partial charge in [-0.25, -0.2) is 12.8 Å². The lowest BCUT2D eigenvalue weighted by molar-refractivity contribution is 0.102. The van der Waals surface area contributed by atoms with Gasteiger partial charge >= 0.3 is 0 Å². The normalized spacial score (nSPS) is 13.6. The summed E-state index contributed by atoms with van der Waals surface area (Å²) in [6.07, 6.45) is 1.40. The second-order valence-corrected chi connectivity index (χ2v) is 8.92. The molecule has 0 aliphatic carbocycles. The van der Waals surface area contributed by atoms with E-state index in [0.717, 1.165) is 24.1 Å². The second kappa shape index (κ2) is 7.79. The molecule has 0 fully saturated rings. The van der Waals surface area contributed by atoms with Gasteiger partial charge in [0.1, 0.15) is 5.82 Å². The average Bonchev–Trinajstić information content (AvgIpc) is 2.73. The van der Waals surface area contributed by atoms with E-state index in [1.54, 1.807) is 36.4 Å². The molecule has 1 amide bonds. The summed E-state index contributed by atoms with van der Waals surface area (Å²) in [7, 11) is -3.86. The van der Waals surface area contributed by atoms with Gasteiger partial charge in [0.15, 0.2) is 0 Å². The molecule has 0 radical (unpaired) electrons. The molecule has 0 saturated heterocycles. The number of nitrogen functional groups attached to an aromatic ring is 1. The number of hydrogen-bond donors (Lipinski definition) is 2. The molecule has 3 N–H and O–H groups in total. The molecule has 1 aliphatic heterocycles. The molecule has 3 aromatic rings. The van der Waals surface area contributed by atoms with Crippen LogP contribution in [0.25, 0.3) is 0 Å². The van der Waals surface area contributed by atoms with Gasteiger partial charge in [-0.05, 0) is 73.0 Å². The third kappa shape index (κ3) is 3.86. The monoisotopic (exact) mass is 425 g/mol. The zero-order chi connectivity index (χ0) is 21.3. The average molecular weight is 425 g/mol. The Morgan fingerprint density at radius 2 is 1.80 bits per heavy atom. The van der Waals surface area contributed by atoms with Gasteiger partial charge in [-0.15, -0.1) is 0 Å². The minimum absolute atomic E-state index is 0.0194. The largest absolute Gasteiger partial charge is 0.399 e. The lowest BCUT2D eigenvalue weighted by atomic mass is 10.0. The van der Waals surface area contributed by atoms with E-state index in [1.807, 2.05) is 6.07 Å². The van der Waals surface area contributed by atoms with E-state index >= 15 is 0 Å². The Balaban J connectivity index is 1.66. The lowest BCUT2D eigenvalue weighted by Crippen LogP contribution is -2.35. The Morgan fingerprint density at radius 3 is 2.53 bits per heavy atom. The van der Waals surface area contributed by atoms with Crippen molar-refractivity contribution in [2.45, 2.75) is 17.7 Å². The molecule has 0 spiro atoms. The molecule has 0 unspecified atom stereocenters. The standard InChI is InChI=1S/C22H20FN3O3S/c23-17-7-10-20(11-8-17)30(28,29)26-12-2-4-15-6-9-19(14-21(15)26)25-22(27)16-3-1-5-18(24)13-16/h1,3,5-11,13-14H,2,4,12,24H2,(H,25,27). The first-order valence-electron chi connectivity index (χ1n) is 9.43. The number of nitrogens with zero attached hydrogens (tertiary/aromatic N) is 1. The minimum Gasteiger partial charge on any atom is -0.399 e. The van der Waals surface area contributed by atoms with Crippen LogP contribution >= 0.6 is 0 Å². The van der Waals surface area contributed by atoms with Crippen LogP contribution in [0.1, 0.15) is 22.3 Å². The molecule has 0 atom stereocenters. The molecule has 3 aromatic carbocycles. The number of nitrogens with one attached hydrogen (secondary N) is 1. The van der Waals surface area contributed by atoms with Gasteiger partial charge in [0.2, 0.25) is 0 Å². The maximum absolute atomic E-state index is 13.2. The summed E-state index contributed by atoms with van der Waals surface area (Å²) < 4.78 is 40.9. The highest BCUT2D eigenvalue weighted by Crippen LogP contribution is 2.34. The summed E-state index contributed by atoms with van der Waals surface area (Å²) in [5, 5.41) is 2.79. The first-order chi connectivity index (χ1) is 14.3. The summed E-state index contributed by atoms with van der Waals surface area (Å²) in [6.45, 7) is 0.305. The third-order valence-corrected chi connectivity index (χ3v) is 6.80. The molecule has 0 bridgehead atoms. The summed E-state index contributed by atoms with van der Waals surface area (Å²) in [6, 6.07) is 16.6. The molecule has 1 heterocycles. The van der Waals surface area contributed by atoms with Crippen LogP contribution in [0.15, 0.2) is 71.6 Å². The summed E-state index contributed by atoms with van der Waals surface area (Å²) in [4.78, 5) is 12.6. The quantitative estimate of drug-likeness (QED) is 0.622. The summed E-state index contributed by atoms with van der Waals surface area (Å²) >= 11 is 0. The predicted molar refractivity (Wildman–Crippen MR) is 115 cm³/mol. The molecular weight excluding hydrogens is 405 g/mol. The van der Waals surface area contributed by atoms with Crippen molar-refractivity contribution in [3.8, 4) is 0 Å². The van der Waals surface area contributed by atoms with Crippen LogP contribution in [0, 0.1) is 5.82 Å². The third-order valence-electron chi connectivity index (χ3n) is 4.97. The highest BCUT2D eigenvalue weighted by Gasteiger charge is 2.29. The highest BCUT2D eigenvalue weighted by atomic mass is 32.2. The Kier molecular flexibility index (Phi) is 5.17. The van der Waals surface area contributed by atoms with Gasteiger partial charge in [0.25, 0.3) is 15.9 Å². The second-order valence-electron chi connectivity index (χ2n) is 7.06. The molecular formula is C22H20FN3O3S. The van der Waals surface area contributed by atoms with Gasteiger partial charge in [0, 0.05) is 23.5 Å². The molecule has 1 aliphatic rings. The van der Waals surface area contributed by atoms with Crippen molar-refractivity contribution in [2.75, 3.05) is 21.9 Å². The summed E-state index contributed by atoms with van der Waals surface area (Å²) in [5.74, 6) is -0.842. The number of fused-ring (bicyclic) bond motifs is 1. The van der Waals surface area contributed by atoms with Crippen LogP contribution in [0.3, 0.4) is 0 Å². The fourth-order valence-corrected chi connectivity index (χ4v) is 5.02. The van der Waals surface area contributed by atoms with Crippen molar-refractivity contribution >= 4 is 33.0 Å². The number of benzene rings is 3. The number of nitrogens with two attached hydrogens (primary N) is 1. The van der Waals surface area contributed by atoms with Gasteiger partial charge in [-0.1, -0.05) is 12.1 Å². The van der Waals surface area contributed by atoms with Crippen molar-refractivity contribution in [3.05, 3.63) is 83.7 Å². The zero-order valence-electron chi connectivity index (χ0n) is 16.0. The molecule has 154 valence electrons. The van der Waals surface area contributed by atoms with Crippen LogP contribution in [-0.4, -0.2) is 20.9 Å². The molecule has 4 rings (SSSR count). The van der Waals surface area contributed by atoms with Gasteiger partial charge in [0.05, 0.1) is 10.6 Å². The Labute approximate surface area is 174 Å². The number of anilines is 3. The minimum atomic E-state index is -3.86. The number of halogens is 1. The Bertz CT molecular complexity index is 1210.